The van der Waals surface area contributed by atoms with E-state index < -0.39 is 0 Å². The molecule has 3 nitrogen and oxygen atoms in total. The second-order valence-corrected chi connectivity index (χ2v) is 3.70. The van der Waals surface area contributed by atoms with Crippen LogP contribution >= 0.6 is 11.8 Å². The summed E-state index contributed by atoms with van der Waals surface area (Å²) >= 11 is 1.45. The average molecular weight is 238 g/mol. The minimum Gasteiger partial charge on any atom is -0.496 e. The van der Waals surface area contributed by atoms with Crippen molar-refractivity contribution in [2.45, 2.75) is 6.61 Å². The van der Waals surface area contributed by atoms with Crippen LogP contribution in [0, 0.1) is 0 Å². The Morgan fingerprint density at radius 1 is 1.44 bits per heavy atom. The standard InChI is InChI=1S/C12H14O3S/c1-14-11-6-4-3-5-10(11)9-15-12(13)7-8-16-2/h3-8H,9H2,1-2H3/b8-7+. The Labute approximate surface area is 99.4 Å². The van der Waals surface area contributed by atoms with Gasteiger partial charge in [-0.05, 0) is 17.7 Å². The number of esters is 1. The van der Waals surface area contributed by atoms with Crippen molar-refractivity contribution in [2.24, 2.45) is 0 Å². The van der Waals surface area contributed by atoms with Gasteiger partial charge in [0.05, 0.1) is 7.11 Å². The third kappa shape index (κ3) is 3.98. The maximum Gasteiger partial charge on any atom is 0.331 e. The molecule has 0 N–H and O–H groups in total. The van der Waals surface area contributed by atoms with E-state index in [2.05, 4.69) is 0 Å². The van der Waals surface area contributed by atoms with Gasteiger partial charge in [-0.1, -0.05) is 18.2 Å². The van der Waals surface area contributed by atoms with Gasteiger partial charge in [-0.15, -0.1) is 11.8 Å². The Morgan fingerprint density at radius 3 is 2.88 bits per heavy atom. The first-order chi connectivity index (χ1) is 7.77. The zero-order valence-corrected chi connectivity index (χ0v) is 10.1. The number of hydrogen-bond acceptors (Lipinski definition) is 4. The molecule has 1 rings (SSSR count). The number of carbonyl (C=O) groups is 1. The van der Waals surface area contributed by atoms with Crippen LogP contribution in [0.2, 0.25) is 0 Å². The Kier molecular flexibility index (Phi) is 5.50. The van der Waals surface area contributed by atoms with E-state index in [4.69, 9.17) is 9.47 Å². The van der Waals surface area contributed by atoms with Crippen molar-refractivity contribution < 1.29 is 14.3 Å². The quantitative estimate of drug-likeness (QED) is 0.583. The molecule has 86 valence electrons. The van der Waals surface area contributed by atoms with Crippen molar-refractivity contribution in [1.82, 2.24) is 0 Å². The molecule has 0 atom stereocenters. The van der Waals surface area contributed by atoms with Crippen LogP contribution in [0.25, 0.3) is 0 Å². The van der Waals surface area contributed by atoms with Gasteiger partial charge < -0.3 is 9.47 Å². The van der Waals surface area contributed by atoms with Crippen LogP contribution in [-0.4, -0.2) is 19.3 Å². The molecule has 0 saturated heterocycles. The highest BCUT2D eigenvalue weighted by Gasteiger charge is 2.03. The number of methoxy groups -OCH3 is 1. The maximum atomic E-state index is 11.2. The molecule has 0 spiro atoms. The molecule has 0 radical (unpaired) electrons. The number of benzene rings is 1. The summed E-state index contributed by atoms with van der Waals surface area (Å²) < 4.78 is 10.2. The number of para-hydroxylation sites is 1. The lowest BCUT2D eigenvalue weighted by Crippen LogP contribution is -2.02. The van der Waals surface area contributed by atoms with E-state index in [0.29, 0.717) is 0 Å². The van der Waals surface area contributed by atoms with Crippen LogP contribution in [0.5, 0.6) is 5.75 Å². The van der Waals surface area contributed by atoms with Crippen LogP contribution < -0.4 is 4.74 Å². The summed E-state index contributed by atoms with van der Waals surface area (Å²) in [6.07, 6.45) is 3.28. The molecule has 0 aliphatic rings. The summed E-state index contributed by atoms with van der Waals surface area (Å²) in [5.41, 5.74) is 0.857. The molecule has 0 amide bonds. The van der Waals surface area contributed by atoms with Crippen LogP contribution in [-0.2, 0) is 16.1 Å². The van der Waals surface area contributed by atoms with E-state index in [0.717, 1.165) is 11.3 Å². The van der Waals surface area contributed by atoms with Crippen molar-refractivity contribution in [3.63, 3.8) is 0 Å². The lowest BCUT2D eigenvalue weighted by atomic mass is 10.2. The number of rotatable bonds is 5. The van der Waals surface area contributed by atoms with E-state index in [1.165, 1.54) is 17.8 Å². The summed E-state index contributed by atoms with van der Waals surface area (Å²) in [4.78, 5) is 11.2. The fourth-order valence-electron chi connectivity index (χ4n) is 1.14. The summed E-state index contributed by atoms with van der Waals surface area (Å²) in [5.74, 6) is 0.379. The third-order valence-electron chi connectivity index (χ3n) is 1.90. The Hall–Kier alpha value is -1.42. The SMILES string of the molecule is COc1ccccc1COC(=O)/C=C/SC. The zero-order valence-electron chi connectivity index (χ0n) is 9.30. The summed E-state index contributed by atoms with van der Waals surface area (Å²) in [7, 11) is 1.59. The number of hydrogen-bond donors (Lipinski definition) is 0. The van der Waals surface area contributed by atoms with Crippen molar-refractivity contribution >= 4 is 17.7 Å². The van der Waals surface area contributed by atoms with Gasteiger partial charge in [-0.25, -0.2) is 4.79 Å². The van der Waals surface area contributed by atoms with Crippen molar-refractivity contribution in [3.05, 3.63) is 41.3 Å². The average Bonchev–Trinajstić information content (AvgIpc) is 2.34. The van der Waals surface area contributed by atoms with Gasteiger partial charge in [0, 0.05) is 11.6 Å². The topological polar surface area (TPSA) is 35.5 Å². The highest BCUT2D eigenvalue weighted by atomic mass is 32.2. The van der Waals surface area contributed by atoms with Gasteiger partial charge in [0.1, 0.15) is 12.4 Å². The summed E-state index contributed by atoms with van der Waals surface area (Å²) in [6, 6.07) is 7.45. The predicted octanol–water partition coefficient (Wildman–Crippen LogP) is 2.62. The minimum atomic E-state index is -0.347. The lowest BCUT2D eigenvalue weighted by molar-refractivity contribution is -0.139. The van der Waals surface area contributed by atoms with E-state index in [1.54, 1.807) is 12.5 Å². The first-order valence-electron chi connectivity index (χ1n) is 4.76. The molecule has 1 aromatic carbocycles. The summed E-state index contributed by atoms with van der Waals surface area (Å²) in [6.45, 7) is 0.224. The van der Waals surface area contributed by atoms with E-state index in [9.17, 15) is 4.79 Å². The molecule has 16 heavy (non-hydrogen) atoms. The third-order valence-corrected chi connectivity index (χ3v) is 2.31. The van der Waals surface area contributed by atoms with E-state index in [1.807, 2.05) is 30.5 Å². The van der Waals surface area contributed by atoms with E-state index >= 15 is 0 Å². The smallest absolute Gasteiger partial charge is 0.331 e. The highest BCUT2D eigenvalue weighted by Crippen LogP contribution is 2.18. The molecular weight excluding hydrogens is 224 g/mol. The molecule has 0 aliphatic heterocycles. The fraction of sp³-hybridized carbons (Fsp3) is 0.250. The van der Waals surface area contributed by atoms with Crippen LogP contribution in [0.15, 0.2) is 35.7 Å². The normalized spacial score (nSPS) is 10.4. The molecule has 0 aliphatic carbocycles. The molecule has 0 aromatic heterocycles. The second-order valence-electron chi connectivity index (χ2n) is 2.96. The second kappa shape index (κ2) is 6.95. The number of ether oxygens (including phenoxy) is 2. The first-order valence-corrected chi connectivity index (χ1v) is 6.04. The van der Waals surface area contributed by atoms with Gasteiger partial charge in [-0.3, -0.25) is 0 Å². The minimum absolute atomic E-state index is 0.224. The molecule has 0 fully saturated rings. The molecule has 0 saturated carbocycles. The molecule has 4 heteroatoms. The van der Waals surface area contributed by atoms with Gasteiger partial charge in [0.15, 0.2) is 0 Å². The van der Waals surface area contributed by atoms with Crippen LogP contribution in [0.3, 0.4) is 0 Å². The number of carbonyl (C=O) groups excluding carboxylic acids is 1. The molecule has 0 unspecified atom stereocenters. The molecular formula is C12H14O3S. The van der Waals surface area contributed by atoms with Crippen LogP contribution in [0.1, 0.15) is 5.56 Å². The maximum absolute atomic E-state index is 11.2. The zero-order chi connectivity index (χ0) is 11.8. The molecule has 0 bridgehead atoms. The number of thioether (sulfide) groups is 1. The monoisotopic (exact) mass is 238 g/mol. The Morgan fingerprint density at radius 2 is 2.19 bits per heavy atom. The predicted molar refractivity (Wildman–Crippen MR) is 65.4 cm³/mol. The van der Waals surface area contributed by atoms with Gasteiger partial charge in [0.2, 0.25) is 0 Å². The van der Waals surface area contributed by atoms with Crippen molar-refractivity contribution in [3.8, 4) is 5.75 Å². The van der Waals surface area contributed by atoms with E-state index in [-0.39, 0.29) is 12.6 Å². The van der Waals surface area contributed by atoms with Gasteiger partial charge in [-0.2, -0.15) is 0 Å². The van der Waals surface area contributed by atoms with Crippen molar-refractivity contribution in [2.75, 3.05) is 13.4 Å². The molecule has 1 aromatic rings. The summed E-state index contributed by atoms with van der Waals surface area (Å²) in [5, 5.41) is 1.69. The van der Waals surface area contributed by atoms with Gasteiger partial charge >= 0.3 is 5.97 Å². The Balaban J connectivity index is 2.54. The molecule has 0 heterocycles. The van der Waals surface area contributed by atoms with Crippen LogP contribution in [0.4, 0.5) is 0 Å². The van der Waals surface area contributed by atoms with Gasteiger partial charge in [0.25, 0.3) is 0 Å². The lowest BCUT2D eigenvalue weighted by Gasteiger charge is -2.07. The highest BCUT2D eigenvalue weighted by molar-refractivity contribution is 8.01. The Bertz CT molecular complexity index is 374. The fourth-order valence-corrected chi connectivity index (χ4v) is 1.39. The van der Waals surface area contributed by atoms with Crippen molar-refractivity contribution in [1.29, 1.82) is 0 Å². The largest absolute Gasteiger partial charge is 0.496 e. The first kappa shape index (κ1) is 12.6.